The van der Waals surface area contributed by atoms with Gasteiger partial charge in [0, 0.05) is 37.4 Å². The SMILES string of the molecule is CC(C)N(C)Cc1cccc(CNCc2cnn(-c3ccc(F)cc3)c2)c1. The first-order valence-corrected chi connectivity index (χ1v) is 9.29. The van der Waals surface area contributed by atoms with Gasteiger partial charge in [-0.3, -0.25) is 4.90 Å². The van der Waals surface area contributed by atoms with E-state index in [2.05, 4.69) is 60.5 Å². The molecule has 142 valence electrons. The molecule has 0 aliphatic carbocycles. The number of hydrogen-bond donors (Lipinski definition) is 1. The van der Waals surface area contributed by atoms with Gasteiger partial charge in [0.15, 0.2) is 0 Å². The molecule has 0 amide bonds. The van der Waals surface area contributed by atoms with Gasteiger partial charge in [0.1, 0.15) is 5.82 Å². The zero-order valence-corrected chi connectivity index (χ0v) is 16.2. The van der Waals surface area contributed by atoms with E-state index in [1.54, 1.807) is 16.8 Å². The lowest BCUT2D eigenvalue weighted by molar-refractivity contribution is 0.266. The minimum atomic E-state index is -0.241. The second-order valence-electron chi connectivity index (χ2n) is 7.20. The monoisotopic (exact) mass is 366 g/mol. The van der Waals surface area contributed by atoms with Gasteiger partial charge in [0.25, 0.3) is 0 Å². The van der Waals surface area contributed by atoms with Crippen LogP contribution in [0.3, 0.4) is 0 Å². The average molecular weight is 366 g/mol. The maximum absolute atomic E-state index is 13.0. The van der Waals surface area contributed by atoms with E-state index in [0.717, 1.165) is 30.9 Å². The van der Waals surface area contributed by atoms with Crippen molar-refractivity contribution in [1.82, 2.24) is 20.0 Å². The number of hydrogen-bond acceptors (Lipinski definition) is 3. The zero-order chi connectivity index (χ0) is 19.2. The summed E-state index contributed by atoms with van der Waals surface area (Å²) in [5, 5.41) is 7.82. The molecule has 4 nitrogen and oxygen atoms in total. The van der Waals surface area contributed by atoms with Crippen molar-refractivity contribution in [2.75, 3.05) is 7.05 Å². The molecule has 2 aromatic carbocycles. The summed E-state index contributed by atoms with van der Waals surface area (Å²) < 4.78 is 14.8. The highest BCUT2D eigenvalue weighted by molar-refractivity contribution is 5.31. The Balaban J connectivity index is 1.53. The molecule has 5 heteroatoms. The van der Waals surface area contributed by atoms with Crippen LogP contribution in [0.4, 0.5) is 4.39 Å². The highest BCUT2D eigenvalue weighted by Crippen LogP contribution is 2.11. The van der Waals surface area contributed by atoms with E-state index in [-0.39, 0.29) is 5.82 Å². The molecule has 27 heavy (non-hydrogen) atoms. The van der Waals surface area contributed by atoms with Crippen molar-refractivity contribution in [3.05, 3.63) is 83.4 Å². The summed E-state index contributed by atoms with van der Waals surface area (Å²) in [6.45, 7) is 6.91. The fourth-order valence-corrected chi connectivity index (χ4v) is 2.85. The molecule has 0 saturated carbocycles. The number of rotatable bonds is 8. The van der Waals surface area contributed by atoms with Crippen molar-refractivity contribution in [2.45, 2.75) is 39.5 Å². The quantitative estimate of drug-likeness (QED) is 0.650. The Bertz CT molecular complexity index is 855. The number of nitrogens with zero attached hydrogens (tertiary/aromatic N) is 3. The van der Waals surface area contributed by atoms with Gasteiger partial charge in [-0.25, -0.2) is 9.07 Å². The highest BCUT2D eigenvalue weighted by atomic mass is 19.1. The van der Waals surface area contributed by atoms with Gasteiger partial charge in [-0.1, -0.05) is 24.3 Å². The van der Waals surface area contributed by atoms with Crippen LogP contribution in [-0.4, -0.2) is 27.8 Å². The lowest BCUT2D eigenvalue weighted by Gasteiger charge is -2.21. The lowest BCUT2D eigenvalue weighted by Crippen LogP contribution is -2.25. The van der Waals surface area contributed by atoms with Crippen LogP contribution in [0.2, 0.25) is 0 Å². The van der Waals surface area contributed by atoms with Crippen molar-refractivity contribution in [1.29, 1.82) is 0 Å². The van der Waals surface area contributed by atoms with Crippen molar-refractivity contribution in [3.63, 3.8) is 0 Å². The molecule has 0 aliphatic rings. The topological polar surface area (TPSA) is 33.1 Å². The molecule has 1 aromatic heterocycles. The van der Waals surface area contributed by atoms with Crippen LogP contribution in [0.1, 0.15) is 30.5 Å². The molecule has 0 spiro atoms. The van der Waals surface area contributed by atoms with Crippen LogP contribution in [-0.2, 0) is 19.6 Å². The smallest absolute Gasteiger partial charge is 0.123 e. The minimum Gasteiger partial charge on any atom is -0.309 e. The molecule has 1 heterocycles. The standard InChI is InChI=1S/C22H27FN4/c1-17(2)26(3)15-19-6-4-5-18(11-19)12-24-13-20-14-25-27(16-20)22-9-7-21(23)8-10-22/h4-11,14,16-17,24H,12-13,15H2,1-3H3. The molecule has 0 bridgehead atoms. The third-order valence-corrected chi connectivity index (χ3v) is 4.69. The van der Waals surface area contributed by atoms with Crippen LogP contribution < -0.4 is 5.32 Å². The zero-order valence-electron chi connectivity index (χ0n) is 16.2. The van der Waals surface area contributed by atoms with Gasteiger partial charge in [-0.15, -0.1) is 0 Å². The summed E-state index contributed by atoms with van der Waals surface area (Å²) in [6, 6.07) is 15.6. The Labute approximate surface area is 160 Å². The Morgan fingerprint density at radius 1 is 1.04 bits per heavy atom. The first-order valence-electron chi connectivity index (χ1n) is 9.29. The first-order chi connectivity index (χ1) is 13.0. The van der Waals surface area contributed by atoms with Crippen LogP contribution >= 0.6 is 0 Å². The number of benzene rings is 2. The summed E-state index contributed by atoms with van der Waals surface area (Å²) in [7, 11) is 2.15. The van der Waals surface area contributed by atoms with E-state index < -0.39 is 0 Å². The van der Waals surface area contributed by atoms with Gasteiger partial charge in [-0.05, 0) is 56.3 Å². The Kier molecular flexibility index (Phi) is 6.37. The lowest BCUT2D eigenvalue weighted by atomic mass is 10.1. The Morgan fingerprint density at radius 3 is 2.48 bits per heavy atom. The second-order valence-corrected chi connectivity index (χ2v) is 7.20. The predicted molar refractivity (Wildman–Crippen MR) is 107 cm³/mol. The summed E-state index contributed by atoms with van der Waals surface area (Å²) >= 11 is 0. The fourth-order valence-electron chi connectivity index (χ4n) is 2.85. The summed E-state index contributed by atoms with van der Waals surface area (Å²) in [6.07, 6.45) is 3.80. The largest absolute Gasteiger partial charge is 0.309 e. The first kappa shape index (κ1) is 19.3. The predicted octanol–water partition coefficient (Wildman–Crippen LogP) is 4.14. The Hall–Kier alpha value is -2.50. The molecule has 1 N–H and O–H groups in total. The average Bonchev–Trinajstić information content (AvgIpc) is 3.11. The Morgan fingerprint density at radius 2 is 1.74 bits per heavy atom. The van der Waals surface area contributed by atoms with E-state index in [0.29, 0.717) is 6.04 Å². The van der Waals surface area contributed by atoms with Gasteiger partial charge in [0.2, 0.25) is 0 Å². The van der Waals surface area contributed by atoms with E-state index in [1.807, 2.05) is 12.4 Å². The van der Waals surface area contributed by atoms with Crippen LogP contribution in [0, 0.1) is 5.82 Å². The van der Waals surface area contributed by atoms with Crippen molar-refractivity contribution < 1.29 is 4.39 Å². The molecule has 3 aromatic rings. The summed E-state index contributed by atoms with van der Waals surface area (Å²) in [5.41, 5.74) is 4.55. The van der Waals surface area contributed by atoms with Gasteiger partial charge in [-0.2, -0.15) is 5.10 Å². The van der Waals surface area contributed by atoms with Crippen LogP contribution in [0.15, 0.2) is 60.9 Å². The van der Waals surface area contributed by atoms with E-state index in [9.17, 15) is 4.39 Å². The third-order valence-electron chi connectivity index (χ3n) is 4.69. The minimum absolute atomic E-state index is 0.241. The number of aromatic nitrogens is 2. The summed E-state index contributed by atoms with van der Waals surface area (Å²) in [4.78, 5) is 2.33. The summed E-state index contributed by atoms with van der Waals surface area (Å²) in [5.74, 6) is -0.241. The molecular weight excluding hydrogens is 339 g/mol. The fraction of sp³-hybridized carbons (Fsp3) is 0.318. The highest BCUT2D eigenvalue weighted by Gasteiger charge is 2.05. The molecule has 0 radical (unpaired) electrons. The van der Waals surface area contributed by atoms with Gasteiger partial charge < -0.3 is 5.32 Å². The van der Waals surface area contributed by atoms with E-state index in [1.165, 1.54) is 23.3 Å². The molecule has 0 fully saturated rings. The number of nitrogens with one attached hydrogen (secondary N) is 1. The van der Waals surface area contributed by atoms with Crippen LogP contribution in [0.25, 0.3) is 5.69 Å². The maximum atomic E-state index is 13.0. The van der Waals surface area contributed by atoms with Crippen molar-refractivity contribution >= 4 is 0 Å². The third kappa shape index (κ3) is 5.49. The molecule has 0 unspecified atom stereocenters. The molecule has 3 rings (SSSR count). The molecule has 0 atom stereocenters. The normalized spacial score (nSPS) is 11.5. The van der Waals surface area contributed by atoms with E-state index >= 15 is 0 Å². The maximum Gasteiger partial charge on any atom is 0.123 e. The van der Waals surface area contributed by atoms with Crippen LogP contribution in [0.5, 0.6) is 0 Å². The van der Waals surface area contributed by atoms with Crippen molar-refractivity contribution in [2.24, 2.45) is 0 Å². The molecule has 0 aliphatic heterocycles. The van der Waals surface area contributed by atoms with Crippen molar-refractivity contribution in [3.8, 4) is 5.69 Å². The molecular formula is C22H27FN4. The molecule has 0 saturated heterocycles. The van der Waals surface area contributed by atoms with Gasteiger partial charge in [0.05, 0.1) is 11.9 Å². The number of halogens is 1. The second kappa shape index (κ2) is 8.93. The van der Waals surface area contributed by atoms with Gasteiger partial charge >= 0.3 is 0 Å². The van der Waals surface area contributed by atoms with E-state index in [4.69, 9.17) is 0 Å².